The maximum absolute atomic E-state index is 16.8. The topological polar surface area (TPSA) is 134 Å². The standard InChI is InChI=1S/C27H25F2N7O3S/c1-38-27-33-23-20(26(34-27)36-12-2-3-13(36)9-35(8-12)4-5-37)16-11-39-10-15(16)18(21(23)29)22-19-14(6-30)25(31)40-24(19)17(28)7-32-22/h7,12-13,37H,2-5,8-11,31H2,1H3. The summed E-state index contributed by atoms with van der Waals surface area (Å²) in [5.74, 6) is -0.699. The summed E-state index contributed by atoms with van der Waals surface area (Å²) in [7, 11) is 1.44. The van der Waals surface area contributed by atoms with Gasteiger partial charge >= 0.3 is 6.01 Å². The number of fused-ring (bicyclic) bond motifs is 6. The maximum atomic E-state index is 16.8. The first-order valence-electron chi connectivity index (χ1n) is 13.0. The Morgan fingerprint density at radius 2 is 1.95 bits per heavy atom. The van der Waals surface area contributed by atoms with E-state index >= 15 is 4.39 Å². The highest BCUT2D eigenvalue weighted by Gasteiger charge is 2.42. The molecule has 3 aliphatic rings. The minimum atomic E-state index is -0.665. The predicted octanol–water partition coefficient (Wildman–Crippen LogP) is 3.32. The van der Waals surface area contributed by atoms with Gasteiger partial charge in [-0.25, -0.2) is 8.78 Å². The number of likely N-dealkylation sites (tertiary alicyclic amines) is 1. The van der Waals surface area contributed by atoms with Crippen molar-refractivity contribution >= 4 is 43.1 Å². The number of piperazine rings is 1. The summed E-state index contributed by atoms with van der Waals surface area (Å²) < 4.78 is 43.0. The number of nitrogens with two attached hydrogens (primary N) is 1. The number of hydrogen-bond acceptors (Lipinski definition) is 11. The molecule has 0 saturated carbocycles. The van der Waals surface area contributed by atoms with Gasteiger partial charge in [-0.1, -0.05) is 0 Å². The van der Waals surface area contributed by atoms with E-state index in [1.54, 1.807) is 0 Å². The van der Waals surface area contributed by atoms with Crippen LogP contribution in [0.1, 0.15) is 29.5 Å². The van der Waals surface area contributed by atoms with E-state index in [0.717, 1.165) is 49.0 Å². The number of methoxy groups -OCH3 is 1. The third kappa shape index (κ3) is 3.56. The Hall–Kier alpha value is -3.70. The van der Waals surface area contributed by atoms with E-state index < -0.39 is 11.6 Å². The highest BCUT2D eigenvalue weighted by atomic mass is 32.1. The van der Waals surface area contributed by atoms with Gasteiger partial charge in [-0.15, -0.1) is 11.3 Å². The lowest BCUT2D eigenvalue weighted by Crippen LogP contribution is -2.54. The molecule has 10 nitrogen and oxygen atoms in total. The molecule has 2 bridgehead atoms. The largest absolute Gasteiger partial charge is 0.467 e. The summed E-state index contributed by atoms with van der Waals surface area (Å²) in [6.07, 6.45) is 2.93. The van der Waals surface area contributed by atoms with Gasteiger partial charge in [0.15, 0.2) is 11.6 Å². The molecule has 4 aromatic rings. The van der Waals surface area contributed by atoms with Crippen LogP contribution in [0, 0.1) is 23.0 Å². The van der Waals surface area contributed by atoms with Gasteiger partial charge in [-0.3, -0.25) is 9.88 Å². The average molecular weight is 566 g/mol. The quantitative estimate of drug-likeness (QED) is 0.371. The summed E-state index contributed by atoms with van der Waals surface area (Å²) in [5.41, 5.74) is 7.71. The number of anilines is 2. The lowest BCUT2D eigenvalue weighted by atomic mass is 9.93. The van der Waals surface area contributed by atoms with E-state index in [-0.39, 0.29) is 75.3 Å². The Labute approximate surface area is 231 Å². The smallest absolute Gasteiger partial charge is 0.318 e. The van der Waals surface area contributed by atoms with Crippen molar-refractivity contribution in [2.24, 2.45) is 0 Å². The molecule has 0 radical (unpaired) electrons. The first kappa shape index (κ1) is 25.3. The molecule has 6 heterocycles. The molecule has 7 rings (SSSR count). The monoisotopic (exact) mass is 565 g/mol. The third-order valence-electron chi connectivity index (χ3n) is 8.20. The molecule has 2 unspecified atom stereocenters. The SMILES string of the molecule is COc1nc(N2C3CCC2CN(CCO)C3)c2c3c(c(-c4ncc(F)c5sc(N)c(C#N)c45)c(F)c2n1)COC3. The van der Waals surface area contributed by atoms with E-state index in [1.807, 2.05) is 6.07 Å². The van der Waals surface area contributed by atoms with Crippen LogP contribution in [-0.4, -0.2) is 70.4 Å². The highest BCUT2D eigenvalue weighted by Crippen LogP contribution is 2.48. The number of hydrogen-bond donors (Lipinski definition) is 2. The van der Waals surface area contributed by atoms with Crippen molar-refractivity contribution in [3.63, 3.8) is 0 Å². The second-order valence-electron chi connectivity index (χ2n) is 10.3. The van der Waals surface area contributed by atoms with Crippen molar-refractivity contribution in [1.29, 1.82) is 5.26 Å². The molecule has 0 aliphatic carbocycles. The molecule has 2 fully saturated rings. The number of halogens is 2. The van der Waals surface area contributed by atoms with Crippen molar-refractivity contribution in [3.05, 3.63) is 34.5 Å². The maximum Gasteiger partial charge on any atom is 0.318 e. The van der Waals surface area contributed by atoms with E-state index in [1.165, 1.54) is 7.11 Å². The summed E-state index contributed by atoms with van der Waals surface area (Å²) in [6.45, 7) is 2.55. The fraction of sp³-hybridized carbons (Fsp3) is 0.407. The zero-order valence-corrected chi connectivity index (χ0v) is 22.4. The zero-order chi connectivity index (χ0) is 27.7. The van der Waals surface area contributed by atoms with Crippen molar-refractivity contribution in [2.45, 2.75) is 38.1 Å². The molecular formula is C27H25F2N7O3S. The van der Waals surface area contributed by atoms with E-state index in [0.29, 0.717) is 23.3 Å². The molecule has 3 aromatic heterocycles. The van der Waals surface area contributed by atoms with Crippen molar-refractivity contribution < 1.29 is 23.4 Å². The summed E-state index contributed by atoms with van der Waals surface area (Å²) in [6, 6.07) is 2.33. The number of rotatable bonds is 5. The Balaban J connectivity index is 1.50. The van der Waals surface area contributed by atoms with Crippen LogP contribution in [0.3, 0.4) is 0 Å². The predicted molar refractivity (Wildman–Crippen MR) is 145 cm³/mol. The number of nitriles is 1. The van der Waals surface area contributed by atoms with Crippen LogP contribution in [0.25, 0.3) is 32.2 Å². The molecule has 206 valence electrons. The molecule has 2 saturated heterocycles. The van der Waals surface area contributed by atoms with Crippen LogP contribution in [0.15, 0.2) is 6.20 Å². The van der Waals surface area contributed by atoms with E-state index in [2.05, 4.69) is 19.8 Å². The number of benzene rings is 1. The molecule has 0 amide bonds. The number of nitrogen functional groups attached to an aromatic ring is 1. The van der Waals surface area contributed by atoms with Gasteiger partial charge in [-0.05, 0) is 24.0 Å². The minimum Gasteiger partial charge on any atom is -0.467 e. The lowest BCUT2D eigenvalue weighted by Gasteiger charge is -2.42. The zero-order valence-electron chi connectivity index (χ0n) is 21.6. The number of β-amino-alcohol motifs (C(OH)–C–C–N with tert-alkyl or cyclic N) is 1. The number of pyridine rings is 1. The Morgan fingerprint density at radius 1 is 1.20 bits per heavy atom. The number of aliphatic hydroxyl groups is 1. The van der Waals surface area contributed by atoms with Crippen LogP contribution < -0.4 is 15.4 Å². The van der Waals surface area contributed by atoms with Crippen LogP contribution in [-0.2, 0) is 18.0 Å². The molecular weight excluding hydrogens is 540 g/mol. The fourth-order valence-corrected chi connectivity index (χ4v) is 7.49. The molecule has 3 N–H and O–H groups in total. The van der Waals surface area contributed by atoms with Gasteiger partial charge in [0.05, 0.1) is 54.5 Å². The molecule has 13 heteroatoms. The molecule has 3 aliphatic heterocycles. The molecule has 0 spiro atoms. The Morgan fingerprint density at radius 3 is 2.65 bits per heavy atom. The van der Waals surface area contributed by atoms with Crippen molar-refractivity contribution in [3.8, 4) is 23.3 Å². The van der Waals surface area contributed by atoms with E-state index in [9.17, 15) is 14.8 Å². The van der Waals surface area contributed by atoms with Gasteiger partial charge in [-0.2, -0.15) is 15.2 Å². The Kier molecular flexibility index (Phi) is 5.97. The lowest BCUT2D eigenvalue weighted by molar-refractivity contribution is 0.135. The number of ether oxygens (including phenoxy) is 2. The Bertz CT molecular complexity index is 1730. The second-order valence-corrected chi connectivity index (χ2v) is 11.3. The molecule has 2 atom stereocenters. The summed E-state index contributed by atoms with van der Waals surface area (Å²) in [4.78, 5) is 18.0. The average Bonchev–Trinajstić information content (AvgIpc) is 3.63. The minimum absolute atomic E-state index is 0.0260. The van der Waals surface area contributed by atoms with Crippen LogP contribution in [0.2, 0.25) is 0 Å². The first-order valence-corrected chi connectivity index (χ1v) is 13.8. The van der Waals surface area contributed by atoms with Gasteiger partial charge < -0.3 is 25.2 Å². The van der Waals surface area contributed by atoms with Gasteiger partial charge in [0.25, 0.3) is 0 Å². The van der Waals surface area contributed by atoms with Crippen LogP contribution in [0.4, 0.5) is 19.6 Å². The molecule has 40 heavy (non-hydrogen) atoms. The summed E-state index contributed by atoms with van der Waals surface area (Å²) >= 11 is 0.934. The first-order chi connectivity index (χ1) is 19.4. The number of aromatic nitrogens is 3. The second kappa shape index (κ2) is 9.45. The van der Waals surface area contributed by atoms with Gasteiger partial charge in [0.2, 0.25) is 0 Å². The van der Waals surface area contributed by atoms with Crippen LogP contribution >= 0.6 is 11.3 Å². The van der Waals surface area contributed by atoms with Gasteiger partial charge in [0, 0.05) is 42.7 Å². The number of thiophene rings is 1. The summed E-state index contributed by atoms with van der Waals surface area (Å²) in [5, 5.41) is 20.2. The highest BCUT2D eigenvalue weighted by molar-refractivity contribution is 7.23. The number of aliphatic hydroxyl groups excluding tert-OH is 1. The van der Waals surface area contributed by atoms with Gasteiger partial charge in [0.1, 0.15) is 22.4 Å². The third-order valence-corrected chi connectivity index (χ3v) is 9.23. The van der Waals surface area contributed by atoms with Crippen LogP contribution in [0.5, 0.6) is 6.01 Å². The van der Waals surface area contributed by atoms with Crippen molar-refractivity contribution in [2.75, 3.05) is 44.0 Å². The fourth-order valence-electron chi connectivity index (χ4n) is 6.56. The normalized spacial score (nSPS) is 20.4. The van der Waals surface area contributed by atoms with E-state index in [4.69, 9.17) is 20.2 Å². The molecule has 1 aromatic carbocycles. The van der Waals surface area contributed by atoms with Crippen molar-refractivity contribution in [1.82, 2.24) is 19.9 Å². The number of nitrogens with zero attached hydrogens (tertiary/aromatic N) is 6.